The van der Waals surface area contributed by atoms with Crippen LogP contribution in [-0.4, -0.2) is 59.8 Å². The number of likely N-dealkylation sites (tertiary alicyclic amines) is 2. The maximum Gasteiger partial charge on any atom is 0.289 e. The molecule has 0 unspecified atom stereocenters. The average Bonchev–Trinajstić information content (AvgIpc) is 3.56. The second-order valence-corrected chi connectivity index (χ2v) is 10.1. The second-order valence-electron chi connectivity index (χ2n) is 10.1. The number of furan rings is 1. The summed E-state index contributed by atoms with van der Waals surface area (Å²) in [5.41, 5.74) is 1.85. The summed E-state index contributed by atoms with van der Waals surface area (Å²) < 4.78 is 11.2. The molecule has 9 nitrogen and oxygen atoms in total. The van der Waals surface area contributed by atoms with E-state index in [9.17, 15) is 19.7 Å². The van der Waals surface area contributed by atoms with E-state index in [0.717, 1.165) is 24.6 Å². The molecule has 2 aromatic carbocycles. The van der Waals surface area contributed by atoms with Gasteiger partial charge in [0.15, 0.2) is 17.1 Å². The largest absolute Gasteiger partial charge is 0.493 e. The summed E-state index contributed by atoms with van der Waals surface area (Å²) in [6.45, 7) is 4.47. The predicted octanol–water partition coefficient (Wildman–Crippen LogP) is 5.30. The van der Waals surface area contributed by atoms with Crippen LogP contribution in [0.5, 0.6) is 5.75 Å². The van der Waals surface area contributed by atoms with Gasteiger partial charge in [-0.15, -0.1) is 0 Å². The molecule has 38 heavy (non-hydrogen) atoms. The van der Waals surface area contributed by atoms with Crippen molar-refractivity contribution in [3.63, 3.8) is 0 Å². The van der Waals surface area contributed by atoms with Gasteiger partial charge < -0.3 is 19.0 Å². The van der Waals surface area contributed by atoms with Crippen molar-refractivity contribution in [1.29, 1.82) is 0 Å². The number of carbonyl (C=O) groups is 2. The average molecular weight is 518 g/mol. The molecular formula is C29H31N3O6. The Morgan fingerprint density at radius 3 is 2.47 bits per heavy atom. The molecule has 2 amide bonds. The number of fused-ring (bicyclic) bond motifs is 1. The van der Waals surface area contributed by atoms with Gasteiger partial charge in [-0.25, -0.2) is 0 Å². The van der Waals surface area contributed by atoms with Crippen LogP contribution in [0, 0.1) is 15.5 Å². The van der Waals surface area contributed by atoms with Gasteiger partial charge in [0.2, 0.25) is 5.91 Å². The molecule has 0 atom stereocenters. The van der Waals surface area contributed by atoms with Gasteiger partial charge in [-0.2, -0.15) is 0 Å². The third-order valence-electron chi connectivity index (χ3n) is 7.85. The second kappa shape index (κ2) is 10.3. The fourth-order valence-corrected chi connectivity index (χ4v) is 5.61. The molecule has 0 aliphatic carbocycles. The highest BCUT2D eigenvalue weighted by Gasteiger charge is 2.43. The number of carbonyl (C=O) groups excluding carboxylic acids is 2. The lowest BCUT2D eigenvalue weighted by atomic mass is 9.77. The Hall–Kier alpha value is -4.14. The molecule has 5 rings (SSSR count). The van der Waals surface area contributed by atoms with Crippen molar-refractivity contribution in [3.05, 3.63) is 75.5 Å². The number of amides is 2. The maximum atomic E-state index is 13.4. The van der Waals surface area contributed by atoms with E-state index in [1.165, 1.54) is 12.1 Å². The van der Waals surface area contributed by atoms with Gasteiger partial charge in [0.1, 0.15) is 0 Å². The van der Waals surface area contributed by atoms with Crippen LogP contribution in [0.3, 0.4) is 0 Å². The fraction of sp³-hybridized carbons (Fsp3) is 0.379. The number of nitro groups is 1. The van der Waals surface area contributed by atoms with E-state index in [0.29, 0.717) is 60.8 Å². The highest BCUT2D eigenvalue weighted by molar-refractivity contribution is 5.98. The molecule has 2 saturated heterocycles. The Kier molecular flexibility index (Phi) is 6.93. The minimum atomic E-state index is -0.433. The number of hydrogen-bond acceptors (Lipinski definition) is 6. The summed E-state index contributed by atoms with van der Waals surface area (Å²) >= 11 is 0. The summed E-state index contributed by atoms with van der Waals surface area (Å²) in [5, 5.41) is 11.9. The fourth-order valence-electron chi connectivity index (χ4n) is 5.61. The molecular weight excluding hydrogens is 486 g/mol. The third kappa shape index (κ3) is 4.88. The molecule has 2 aliphatic heterocycles. The first-order valence-corrected chi connectivity index (χ1v) is 12.9. The van der Waals surface area contributed by atoms with Crippen molar-refractivity contribution in [2.75, 3.05) is 33.3 Å². The van der Waals surface area contributed by atoms with Crippen LogP contribution in [-0.2, 0) is 4.79 Å². The number of benzene rings is 2. The van der Waals surface area contributed by atoms with Crippen LogP contribution in [0.25, 0.3) is 17.0 Å². The van der Waals surface area contributed by atoms with Crippen LogP contribution in [0.2, 0.25) is 0 Å². The molecule has 3 aromatic rings. The van der Waals surface area contributed by atoms with Crippen molar-refractivity contribution in [2.24, 2.45) is 5.41 Å². The first kappa shape index (κ1) is 25.5. The van der Waals surface area contributed by atoms with E-state index in [4.69, 9.17) is 9.15 Å². The lowest BCUT2D eigenvalue weighted by Gasteiger charge is -2.39. The quantitative estimate of drug-likeness (QED) is 0.250. The molecule has 2 fully saturated rings. The smallest absolute Gasteiger partial charge is 0.289 e. The van der Waals surface area contributed by atoms with Crippen LogP contribution in [0.4, 0.5) is 5.69 Å². The molecule has 2 aliphatic rings. The van der Waals surface area contributed by atoms with Crippen LogP contribution in [0.1, 0.15) is 48.7 Å². The van der Waals surface area contributed by atoms with Crippen LogP contribution >= 0.6 is 0 Å². The third-order valence-corrected chi connectivity index (χ3v) is 7.85. The van der Waals surface area contributed by atoms with E-state index in [1.54, 1.807) is 37.5 Å². The number of nitro benzene ring substituents is 1. The van der Waals surface area contributed by atoms with E-state index >= 15 is 0 Å². The monoisotopic (exact) mass is 517 g/mol. The summed E-state index contributed by atoms with van der Waals surface area (Å²) in [5.74, 6) is 0.756. The number of methoxy groups -OCH3 is 1. The molecule has 0 N–H and O–H groups in total. The number of non-ortho nitro benzene ring substituents is 1. The number of rotatable bonds is 6. The van der Waals surface area contributed by atoms with E-state index in [1.807, 2.05) is 28.9 Å². The number of ether oxygens (including phenoxy) is 1. The van der Waals surface area contributed by atoms with E-state index in [-0.39, 0.29) is 22.9 Å². The summed E-state index contributed by atoms with van der Waals surface area (Å²) in [4.78, 5) is 41.0. The summed E-state index contributed by atoms with van der Waals surface area (Å²) in [6, 6.07) is 13.7. The van der Waals surface area contributed by atoms with Crippen molar-refractivity contribution in [3.8, 4) is 5.75 Å². The van der Waals surface area contributed by atoms with Gasteiger partial charge in [0, 0.05) is 49.3 Å². The summed E-state index contributed by atoms with van der Waals surface area (Å²) in [7, 11) is 1.57. The minimum absolute atomic E-state index is 0.00451. The van der Waals surface area contributed by atoms with Crippen LogP contribution < -0.4 is 4.74 Å². The zero-order valence-corrected chi connectivity index (χ0v) is 21.6. The van der Waals surface area contributed by atoms with Crippen molar-refractivity contribution in [1.82, 2.24) is 9.80 Å². The Morgan fingerprint density at radius 1 is 1.08 bits per heavy atom. The Balaban J connectivity index is 1.23. The van der Waals surface area contributed by atoms with Gasteiger partial charge in [-0.05, 0) is 54.9 Å². The van der Waals surface area contributed by atoms with Gasteiger partial charge in [0.05, 0.1) is 12.0 Å². The minimum Gasteiger partial charge on any atom is -0.493 e. The molecule has 0 bridgehead atoms. The van der Waals surface area contributed by atoms with Gasteiger partial charge in [-0.1, -0.05) is 31.2 Å². The van der Waals surface area contributed by atoms with Crippen molar-refractivity contribution < 1.29 is 23.7 Å². The highest BCUT2D eigenvalue weighted by Crippen LogP contribution is 2.41. The number of para-hydroxylation sites is 1. The maximum absolute atomic E-state index is 13.4. The Morgan fingerprint density at radius 2 is 1.79 bits per heavy atom. The van der Waals surface area contributed by atoms with E-state index < -0.39 is 4.92 Å². The topological polar surface area (TPSA) is 106 Å². The van der Waals surface area contributed by atoms with E-state index in [2.05, 4.69) is 0 Å². The van der Waals surface area contributed by atoms with Gasteiger partial charge >= 0.3 is 0 Å². The van der Waals surface area contributed by atoms with Gasteiger partial charge in [0.25, 0.3) is 11.6 Å². The normalized spacial score (nSPS) is 17.3. The van der Waals surface area contributed by atoms with Crippen molar-refractivity contribution >= 4 is 34.5 Å². The first-order valence-electron chi connectivity index (χ1n) is 12.9. The molecule has 0 saturated carbocycles. The zero-order chi connectivity index (χ0) is 26.9. The standard InChI is InChI=1S/C29H31N3O6/c1-3-21(16-20-6-4-8-23(17-20)32(35)36)27(33)31-15-12-29(19-31)10-13-30(14-11-29)28(34)25-18-22-7-5-9-24(37-2)26(22)38-25/h4-9,16-18H,3,10-15,19H2,1-2H3/b21-16-. The summed E-state index contributed by atoms with van der Waals surface area (Å²) in [6.07, 6.45) is 4.83. The molecule has 0 radical (unpaired) electrons. The molecule has 1 spiro atoms. The molecule has 1 aromatic heterocycles. The number of hydrogen-bond donors (Lipinski definition) is 0. The lowest BCUT2D eigenvalue weighted by Crippen LogP contribution is -2.44. The van der Waals surface area contributed by atoms with Crippen LogP contribution in [0.15, 0.2) is 58.5 Å². The molecule has 9 heteroatoms. The zero-order valence-electron chi connectivity index (χ0n) is 21.6. The number of piperidine rings is 1. The number of nitrogens with zero attached hydrogens (tertiary/aromatic N) is 3. The van der Waals surface area contributed by atoms with Gasteiger partial charge in [-0.3, -0.25) is 19.7 Å². The first-order chi connectivity index (χ1) is 18.3. The molecule has 198 valence electrons. The predicted molar refractivity (Wildman–Crippen MR) is 143 cm³/mol. The Labute approximate surface area is 220 Å². The highest BCUT2D eigenvalue weighted by atomic mass is 16.6. The lowest BCUT2D eigenvalue weighted by molar-refractivity contribution is -0.384. The molecule has 3 heterocycles. The van der Waals surface area contributed by atoms with Crippen molar-refractivity contribution in [2.45, 2.75) is 32.6 Å². The Bertz CT molecular complexity index is 1420. The SMILES string of the molecule is CC/C(=C/c1cccc([N+](=O)[O-])c1)C(=O)N1CCC2(CCN(C(=O)c3cc4cccc(OC)c4o3)CC2)C1.